The number of carbonyl (C=O) groups is 1. The summed E-state index contributed by atoms with van der Waals surface area (Å²) in [4.78, 5) is 11.6. The van der Waals surface area contributed by atoms with Gasteiger partial charge in [0.1, 0.15) is 6.61 Å². The molecule has 2 unspecified atom stereocenters. The summed E-state index contributed by atoms with van der Waals surface area (Å²) in [6.45, 7) is 8.31. The van der Waals surface area contributed by atoms with E-state index in [0.29, 0.717) is 6.04 Å². The number of amides is 1. The highest BCUT2D eigenvalue weighted by Crippen LogP contribution is 2.23. The van der Waals surface area contributed by atoms with Crippen molar-refractivity contribution in [2.75, 3.05) is 6.61 Å². The quantitative estimate of drug-likeness (QED) is 0.804. The van der Waals surface area contributed by atoms with Crippen molar-refractivity contribution >= 4 is 5.91 Å². The lowest BCUT2D eigenvalue weighted by Crippen LogP contribution is -2.41. The number of ether oxygens (including phenoxy) is 1. The zero-order valence-electron chi connectivity index (χ0n) is 11.0. The van der Waals surface area contributed by atoms with Crippen LogP contribution in [0.15, 0.2) is 0 Å². The molecule has 1 amide bonds. The van der Waals surface area contributed by atoms with Crippen molar-refractivity contribution in [3.8, 4) is 0 Å². The first kappa shape index (κ1) is 13.5. The van der Waals surface area contributed by atoms with Crippen LogP contribution in [-0.2, 0) is 9.53 Å². The minimum absolute atomic E-state index is 0.0222. The Morgan fingerprint density at radius 1 is 1.38 bits per heavy atom. The van der Waals surface area contributed by atoms with Gasteiger partial charge in [0.15, 0.2) is 0 Å². The van der Waals surface area contributed by atoms with Crippen molar-refractivity contribution < 1.29 is 9.53 Å². The van der Waals surface area contributed by atoms with E-state index in [1.807, 2.05) is 20.8 Å². The molecule has 0 bridgehead atoms. The second-order valence-corrected chi connectivity index (χ2v) is 5.94. The minimum atomic E-state index is -0.239. The first-order chi connectivity index (χ1) is 7.37. The summed E-state index contributed by atoms with van der Waals surface area (Å²) in [5.41, 5.74) is -0.239. The Kier molecular flexibility index (Phi) is 4.78. The molecule has 94 valence electrons. The zero-order valence-corrected chi connectivity index (χ0v) is 11.0. The molecule has 1 N–H and O–H groups in total. The van der Waals surface area contributed by atoms with Gasteiger partial charge in [-0.25, -0.2) is 0 Å². The van der Waals surface area contributed by atoms with Crippen molar-refractivity contribution in [1.29, 1.82) is 0 Å². The SMILES string of the molecule is CC1CCCC(NC(=O)COC(C)(C)C)C1. The molecule has 1 aliphatic rings. The van der Waals surface area contributed by atoms with Gasteiger partial charge in [-0.2, -0.15) is 0 Å². The fraction of sp³-hybridized carbons (Fsp3) is 0.923. The van der Waals surface area contributed by atoms with Crippen molar-refractivity contribution in [2.45, 2.75) is 65.0 Å². The molecule has 0 radical (unpaired) electrons. The maximum Gasteiger partial charge on any atom is 0.246 e. The van der Waals surface area contributed by atoms with Crippen molar-refractivity contribution in [3.63, 3.8) is 0 Å². The first-order valence-corrected chi connectivity index (χ1v) is 6.30. The Hall–Kier alpha value is -0.570. The predicted molar refractivity (Wildman–Crippen MR) is 65.3 cm³/mol. The van der Waals surface area contributed by atoms with Gasteiger partial charge in [0.05, 0.1) is 5.60 Å². The highest BCUT2D eigenvalue weighted by Gasteiger charge is 2.21. The summed E-state index contributed by atoms with van der Waals surface area (Å²) >= 11 is 0. The maximum absolute atomic E-state index is 11.6. The fourth-order valence-electron chi connectivity index (χ4n) is 2.12. The molecular weight excluding hydrogens is 202 g/mol. The summed E-state index contributed by atoms with van der Waals surface area (Å²) in [6.07, 6.45) is 4.75. The summed E-state index contributed by atoms with van der Waals surface area (Å²) in [5, 5.41) is 3.06. The van der Waals surface area contributed by atoms with Gasteiger partial charge in [0.2, 0.25) is 5.91 Å². The Balaban J connectivity index is 2.23. The smallest absolute Gasteiger partial charge is 0.246 e. The van der Waals surface area contributed by atoms with E-state index in [1.165, 1.54) is 12.8 Å². The van der Waals surface area contributed by atoms with Crippen LogP contribution in [0.25, 0.3) is 0 Å². The molecule has 3 heteroatoms. The lowest BCUT2D eigenvalue weighted by Gasteiger charge is -2.28. The lowest BCUT2D eigenvalue weighted by molar-refractivity contribution is -0.131. The minimum Gasteiger partial charge on any atom is -0.366 e. The van der Waals surface area contributed by atoms with Gasteiger partial charge < -0.3 is 10.1 Å². The number of carbonyl (C=O) groups excluding carboxylic acids is 1. The summed E-state index contributed by atoms with van der Waals surface area (Å²) in [6, 6.07) is 0.361. The average Bonchev–Trinajstić information content (AvgIpc) is 2.14. The molecule has 1 aliphatic carbocycles. The fourth-order valence-corrected chi connectivity index (χ4v) is 2.12. The average molecular weight is 227 g/mol. The van der Waals surface area contributed by atoms with Gasteiger partial charge in [0, 0.05) is 6.04 Å². The summed E-state index contributed by atoms with van der Waals surface area (Å²) in [7, 11) is 0. The van der Waals surface area contributed by atoms with Crippen molar-refractivity contribution in [2.24, 2.45) is 5.92 Å². The second kappa shape index (κ2) is 5.67. The van der Waals surface area contributed by atoms with Crippen LogP contribution in [0.2, 0.25) is 0 Å². The molecule has 0 aromatic rings. The third-order valence-electron chi connectivity index (χ3n) is 2.94. The molecule has 0 heterocycles. The van der Waals surface area contributed by atoms with Gasteiger partial charge in [0.25, 0.3) is 0 Å². The molecule has 1 fully saturated rings. The number of hydrogen-bond acceptors (Lipinski definition) is 2. The number of nitrogens with one attached hydrogen (secondary N) is 1. The molecule has 0 aromatic carbocycles. The Labute approximate surface area is 98.9 Å². The normalized spacial score (nSPS) is 26.5. The summed E-state index contributed by atoms with van der Waals surface area (Å²) < 4.78 is 5.45. The van der Waals surface area contributed by atoms with Gasteiger partial charge in [-0.3, -0.25) is 4.79 Å². The molecule has 16 heavy (non-hydrogen) atoms. The molecule has 3 nitrogen and oxygen atoms in total. The van der Waals surface area contributed by atoms with Crippen LogP contribution in [0, 0.1) is 5.92 Å². The van der Waals surface area contributed by atoms with Crippen LogP contribution in [0.4, 0.5) is 0 Å². The third kappa shape index (κ3) is 5.50. The van der Waals surface area contributed by atoms with Crippen LogP contribution in [0.1, 0.15) is 53.4 Å². The maximum atomic E-state index is 11.6. The van der Waals surface area contributed by atoms with Crippen molar-refractivity contribution in [1.82, 2.24) is 5.32 Å². The van der Waals surface area contributed by atoms with E-state index in [1.54, 1.807) is 0 Å². The lowest BCUT2D eigenvalue weighted by atomic mass is 9.87. The molecule has 0 aromatic heterocycles. The Bertz CT molecular complexity index is 233. The molecule has 2 atom stereocenters. The molecule has 0 saturated heterocycles. The third-order valence-corrected chi connectivity index (χ3v) is 2.94. The molecule has 1 rings (SSSR count). The van der Waals surface area contributed by atoms with E-state index < -0.39 is 0 Å². The van der Waals surface area contributed by atoms with E-state index in [0.717, 1.165) is 18.8 Å². The highest BCUT2D eigenvalue weighted by atomic mass is 16.5. The van der Waals surface area contributed by atoms with Gasteiger partial charge in [-0.05, 0) is 39.5 Å². The van der Waals surface area contributed by atoms with E-state index in [4.69, 9.17) is 4.74 Å². The predicted octanol–water partition coefficient (Wildman–Crippen LogP) is 2.50. The molecule has 0 spiro atoms. The molecule has 1 saturated carbocycles. The Morgan fingerprint density at radius 2 is 2.06 bits per heavy atom. The van der Waals surface area contributed by atoms with E-state index in [2.05, 4.69) is 12.2 Å². The van der Waals surface area contributed by atoms with Crippen LogP contribution < -0.4 is 5.32 Å². The monoisotopic (exact) mass is 227 g/mol. The van der Waals surface area contributed by atoms with E-state index in [9.17, 15) is 4.79 Å². The van der Waals surface area contributed by atoms with Crippen LogP contribution in [0.3, 0.4) is 0 Å². The second-order valence-electron chi connectivity index (χ2n) is 5.94. The van der Waals surface area contributed by atoms with Crippen molar-refractivity contribution in [3.05, 3.63) is 0 Å². The standard InChI is InChI=1S/C13H25NO2/c1-10-6-5-7-11(8-10)14-12(15)9-16-13(2,3)4/h10-11H,5-9H2,1-4H3,(H,14,15). The van der Waals surface area contributed by atoms with Gasteiger partial charge >= 0.3 is 0 Å². The van der Waals surface area contributed by atoms with Crippen LogP contribution >= 0.6 is 0 Å². The van der Waals surface area contributed by atoms with Gasteiger partial charge in [-0.15, -0.1) is 0 Å². The topological polar surface area (TPSA) is 38.3 Å². The Morgan fingerprint density at radius 3 is 2.62 bits per heavy atom. The summed E-state index contributed by atoms with van der Waals surface area (Å²) in [5.74, 6) is 0.761. The van der Waals surface area contributed by atoms with E-state index in [-0.39, 0.29) is 18.1 Å². The zero-order chi connectivity index (χ0) is 12.2. The number of hydrogen-bond donors (Lipinski definition) is 1. The van der Waals surface area contributed by atoms with E-state index >= 15 is 0 Å². The number of rotatable bonds is 3. The molecular formula is C13H25NO2. The first-order valence-electron chi connectivity index (χ1n) is 6.30. The largest absolute Gasteiger partial charge is 0.366 e. The van der Waals surface area contributed by atoms with Gasteiger partial charge in [-0.1, -0.05) is 19.8 Å². The van der Waals surface area contributed by atoms with Crippen LogP contribution in [0.5, 0.6) is 0 Å². The molecule has 0 aliphatic heterocycles. The highest BCUT2D eigenvalue weighted by molar-refractivity contribution is 5.77. The van der Waals surface area contributed by atoms with Crippen LogP contribution in [-0.4, -0.2) is 24.2 Å².